The molecular formula is C21H22F4N2O3. The molecule has 0 radical (unpaired) electrons. The standard InChI is InChI=1S/C21H22F4N2O3/c22-15-10-8-14(9-11-15)13-27(20(29)21(23,24)25)18(17-7-4-12-30-17)19(28)26-16-5-2-1-3-6-16/h4,7-12,16,18H,1-3,5-6,13H2,(H,26,28). The summed E-state index contributed by atoms with van der Waals surface area (Å²) in [6, 6.07) is 5.70. The average Bonchev–Trinajstić information content (AvgIpc) is 3.23. The molecule has 1 atom stereocenters. The Kier molecular flexibility index (Phi) is 6.79. The molecule has 0 aliphatic heterocycles. The van der Waals surface area contributed by atoms with Gasteiger partial charge in [0, 0.05) is 12.6 Å². The van der Waals surface area contributed by atoms with E-state index >= 15 is 0 Å². The van der Waals surface area contributed by atoms with Crippen LogP contribution in [0, 0.1) is 5.82 Å². The topological polar surface area (TPSA) is 62.6 Å². The summed E-state index contributed by atoms with van der Waals surface area (Å²) in [5.41, 5.74) is 0.246. The number of rotatable bonds is 6. The van der Waals surface area contributed by atoms with E-state index in [1.807, 2.05) is 0 Å². The minimum Gasteiger partial charge on any atom is -0.467 e. The lowest BCUT2D eigenvalue weighted by molar-refractivity contribution is -0.190. The van der Waals surface area contributed by atoms with Crippen LogP contribution < -0.4 is 5.32 Å². The van der Waals surface area contributed by atoms with Crippen LogP contribution in [0.5, 0.6) is 0 Å². The third kappa shape index (κ3) is 5.40. The van der Waals surface area contributed by atoms with E-state index in [0.29, 0.717) is 4.90 Å². The first-order chi connectivity index (χ1) is 14.3. The summed E-state index contributed by atoms with van der Waals surface area (Å²) in [6.45, 7) is -0.540. The zero-order chi connectivity index (χ0) is 21.7. The quantitative estimate of drug-likeness (QED) is 0.692. The molecular weight excluding hydrogens is 404 g/mol. The van der Waals surface area contributed by atoms with Gasteiger partial charge in [-0.15, -0.1) is 0 Å². The molecule has 162 valence electrons. The van der Waals surface area contributed by atoms with Gasteiger partial charge in [0.2, 0.25) is 0 Å². The molecule has 0 bridgehead atoms. The second-order valence-corrected chi connectivity index (χ2v) is 7.32. The highest BCUT2D eigenvalue weighted by Gasteiger charge is 2.47. The maximum atomic E-state index is 13.4. The normalized spacial score (nSPS) is 16.1. The number of nitrogens with one attached hydrogen (secondary N) is 1. The van der Waals surface area contributed by atoms with Gasteiger partial charge in [-0.25, -0.2) is 4.39 Å². The molecule has 1 N–H and O–H groups in total. The molecule has 1 aliphatic rings. The van der Waals surface area contributed by atoms with E-state index in [9.17, 15) is 27.2 Å². The van der Waals surface area contributed by atoms with E-state index in [1.165, 1.54) is 30.5 Å². The summed E-state index contributed by atoms with van der Waals surface area (Å²) in [7, 11) is 0. The zero-order valence-electron chi connectivity index (χ0n) is 16.1. The Bertz CT molecular complexity index is 844. The van der Waals surface area contributed by atoms with Crippen molar-refractivity contribution in [1.29, 1.82) is 0 Å². The van der Waals surface area contributed by atoms with Crippen molar-refractivity contribution in [3.05, 3.63) is 59.8 Å². The van der Waals surface area contributed by atoms with Gasteiger partial charge in [0.15, 0.2) is 6.04 Å². The Balaban J connectivity index is 1.94. The third-order valence-electron chi connectivity index (χ3n) is 5.09. The van der Waals surface area contributed by atoms with E-state index in [4.69, 9.17) is 4.42 Å². The fraction of sp³-hybridized carbons (Fsp3) is 0.429. The zero-order valence-corrected chi connectivity index (χ0v) is 16.1. The van der Waals surface area contributed by atoms with Gasteiger partial charge in [-0.1, -0.05) is 31.4 Å². The van der Waals surface area contributed by atoms with Gasteiger partial charge in [-0.2, -0.15) is 13.2 Å². The summed E-state index contributed by atoms with van der Waals surface area (Å²) < 4.78 is 58.6. The van der Waals surface area contributed by atoms with Crippen molar-refractivity contribution in [3.63, 3.8) is 0 Å². The maximum absolute atomic E-state index is 13.4. The van der Waals surface area contributed by atoms with E-state index in [2.05, 4.69) is 5.32 Å². The van der Waals surface area contributed by atoms with Crippen LogP contribution in [0.1, 0.15) is 49.5 Å². The van der Waals surface area contributed by atoms with Crippen LogP contribution in [0.3, 0.4) is 0 Å². The lowest BCUT2D eigenvalue weighted by Gasteiger charge is -2.32. The van der Waals surface area contributed by atoms with Crippen LogP contribution in [0.4, 0.5) is 17.6 Å². The molecule has 3 rings (SSSR count). The summed E-state index contributed by atoms with van der Waals surface area (Å²) >= 11 is 0. The molecule has 1 heterocycles. The highest BCUT2D eigenvalue weighted by molar-refractivity contribution is 5.90. The fourth-order valence-electron chi connectivity index (χ4n) is 3.63. The predicted octanol–water partition coefficient (Wildman–Crippen LogP) is 4.50. The van der Waals surface area contributed by atoms with Gasteiger partial charge >= 0.3 is 12.1 Å². The SMILES string of the molecule is O=C(NC1CCCCC1)C(c1ccco1)N(Cc1ccc(F)cc1)C(=O)C(F)(F)F. The number of carbonyl (C=O) groups is 2. The van der Waals surface area contributed by atoms with Crippen molar-refractivity contribution < 1.29 is 31.6 Å². The monoisotopic (exact) mass is 426 g/mol. The Morgan fingerprint density at radius 2 is 1.77 bits per heavy atom. The number of halogens is 4. The average molecular weight is 426 g/mol. The molecule has 9 heteroatoms. The first kappa shape index (κ1) is 21.9. The molecule has 5 nitrogen and oxygen atoms in total. The van der Waals surface area contributed by atoms with Gasteiger partial charge in [-0.3, -0.25) is 9.59 Å². The van der Waals surface area contributed by atoms with Gasteiger partial charge < -0.3 is 14.6 Å². The van der Waals surface area contributed by atoms with Crippen LogP contribution >= 0.6 is 0 Å². The van der Waals surface area contributed by atoms with Crippen LogP contribution in [-0.2, 0) is 16.1 Å². The van der Waals surface area contributed by atoms with Crippen molar-refractivity contribution in [2.24, 2.45) is 0 Å². The minimum atomic E-state index is -5.20. The second-order valence-electron chi connectivity index (χ2n) is 7.32. The Morgan fingerprint density at radius 1 is 1.10 bits per heavy atom. The van der Waals surface area contributed by atoms with Crippen LogP contribution in [0.25, 0.3) is 0 Å². The third-order valence-corrected chi connectivity index (χ3v) is 5.09. The number of furan rings is 1. The molecule has 1 aromatic carbocycles. The molecule has 1 fully saturated rings. The van der Waals surface area contributed by atoms with Crippen molar-refractivity contribution >= 4 is 11.8 Å². The fourth-order valence-corrected chi connectivity index (χ4v) is 3.63. The first-order valence-electron chi connectivity index (χ1n) is 9.71. The Hall–Kier alpha value is -2.84. The molecule has 1 saturated carbocycles. The first-order valence-corrected chi connectivity index (χ1v) is 9.71. The van der Waals surface area contributed by atoms with E-state index in [0.717, 1.165) is 44.2 Å². The molecule has 30 heavy (non-hydrogen) atoms. The number of nitrogens with zero attached hydrogens (tertiary/aromatic N) is 1. The molecule has 0 spiro atoms. The predicted molar refractivity (Wildman–Crippen MR) is 99.5 cm³/mol. The van der Waals surface area contributed by atoms with Crippen LogP contribution in [0.2, 0.25) is 0 Å². The highest BCUT2D eigenvalue weighted by atomic mass is 19.4. The molecule has 1 unspecified atom stereocenters. The number of carbonyl (C=O) groups excluding carboxylic acids is 2. The van der Waals surface area contributed by atoms with E-state index in [-0.39, 0.29) is 17.4 Å². The number of alkyl halides is 3. The maximum Gasteiger partial charge on any atom is 0.471 e. The summed E-state index contributed by atoms with van der Waals surface area (Å²) in [4.78, 5) is 25.7. The van der Waals surface area contributed by atoms with Crippen molar-refractivity contribution in [1.82, 2.24) is 10.2 Å². The number of amides is 2. The number of hydrogen-bond donors (Lipinski definition) is 1. The van der Waals surface area contributed by atoms with E-state index < -0.39 is 36.4 Å². The van der Waals surface area contributed by atoms with Gasteiger partial charge in [0.1, 0.15) is 11.6 Å². The number of benzene rings is 1. The van der Waals surface area contributed by atoms with Gasteiger partial charge in [0.25, 0.3) is 5.91 Å². The Labute approximate surface area is 171 Å². The number of hydrogen-bond acceptors (Lipinski definition) is 3. The van der Waals surface area contributed by atoms with Crippen LogP contribution in [-0.4, -0.2) is 28.9 Å². The van der Waals surface area contributed by atoms with Crippen molar-refractivity contribution in [2.75, 3.05) is 0 Å². The highest BCUT2D eigenvalue weighted by Crippen LogP contribution is 2.30. The largest absolute Gasteiger partial charge is 0.471 e. The van der Waals surface area contributed by atoms with Gasteiger partial charge in [0.05, 0.1) is 6.26 Å². The molecule has 1 aromatic heterocycles. The van der Waals surface area contributed by atoms with Crippen LogP contribution in [0.15, 0.2) is 47.1 Å². The smallest absolute Gasteiger partial charge is 0.467 e. The van der Waals surface area contributed by atoms with Gasteiger partial charge in [-0.05, 0) is 42.7 Å². The van der Waals surface area contributed by atoms with E-state index in [1.54, 1.807) is 0 Å². The molecule has 1 aliphatic carbocycles. The second kappa shape index (κ2) is 9.32. The summed E-state index contributed by atoms with van der Waals surface area (Å²) in [5, 5.41) is 2.77. The minimum absolute atomic E-state index is 0.0805. The Morgan fingerprint density at radius 3 is 2.33 bits per heavy atom. The van der Waals surface area contributed by atoms with Crippen molar-refractivity contribution in [2.45, 2.75) is 56.9 Å². The molecule has 2 amide bonds. The summed E-state index contributed by atoms with van der Waals surface area (Å²) in [6.07, 6.45) is 0.343. The van der Waals surface area contributed by atoms with Crippen molar-refractivity contribution in [3.8, 4) is 0 Å². The lowest BCUT2D eigenvalue weighted by Crippen LogP contribution is -2.50. The lowest BCUT2D eigenvalue weighted by atomic mass is 9.95. The molecule has 2 aromatic rings. The molecule has 0 saturated heterocycles. The summed E-state index contributed by atoms with van der Waals surface area (Å²) in [5.74, 6) is -3.56.